The van der Waals surface area contributed by atoms with Crippen LogP contribution in [0.3, 0.4) is 0 Å². The van der Waals surface area contributed by atoms with Crippen LogP contribution in [0, 0.1) is 18.3 Å². The van der Waals surface area contributed by atoms with Crippen LogP contribution in [-0.2, 0) is 4.79 Å². The Balaban J connectivity index is 1.69. The van der Waals surface area contributed by atoms with E-state index < -0.39 is 5.97 Å². The number of methoxy groups -OCH3 is 1. The number of ether oxygens (including phenoxy) is 3. The van der Waals surface area contributed by atoms with Crippen LogP contribution < -0.4 is 14.2 Å². The maximum atomic E-state index is 12.4. The van der Waals surface area contributed by atoms with Gasteiger partial charge in [0.05, 0.1) is 18.8 Å². The maximum Gasteiger partial charge on any atom is 0.349 e. The number of carbonyl (C=O) groups excluding carboxylic acids is 1. The average Bonchev–Trinajstić information content (AvgIpc) is 2.82. The second kappa shape index (κ2) is 11.4. The van der Waals surface area contributed by atoms with Crippen molar-refractivity contribution in [2.75, 3.05) is 13.7 Å². The topological polar surface area (TPSA) is 68.5 Å². The van der Waals surface area contributed by atoms with Gasteiger partial charge in [-0.1, -0.05) is 49.7 Å². The lowest BCUT2D eigenvalue weighted by Crippen LogP contribution is -2.18. The molecule has 0 saturated heterocycles. The van der Waals surface area contributed by atoms with Gasteiger partial charge in [0.1, 0.15) is 5.75 Å². The van der Waals surface area contributed by atoms with Crippen LogP contribution in [0.4, 0.5) is 0 Å². The van der Waals surface area contributed by atoms with Crippen LogP contribution in [0.15, 0.2) is 60.7 Å². The molecule has 0 aliphatic rings. The first-order valence-corrected chi connectivity index (χ1v) is 11.2. The zero-order valence-electron chi connectivity index (χ0n) is 19.6. The number of nitriles is 1. The Hall–Kier alpha value is -3.75. The third kappa shape index (κ3) is 6.40. The van der Waals surface area contributed by atoms with Crippen LogP contribution in [0.25, 0.3) is 11.6 Å². The van der Waals surface area contributed by atoms with Crippen molar-refractivity contribution in [2.24, 2.45) is 0 Å². The molecule has 3 rings (SSSR count). The van der Waals surface area contributed by atoms with E-state index in [0.29, 0.717) is 28.0 Å². The lowest BCUT2D eigenvalue weighted by molar-refractivity contribution is -0.136. The van der Waals surface area contributed by atoms with Crippen molar-refractivity contribution < 1.29 is 19.0 Å². The number of allylic oxidation sites excluding steroid dienone is 1. The quantitative estimate of drug-likeness (QED) is 0.154. The van der Waals surface area contributed by atoms with Crippen LogP contribution in [0.1, 0.15) is 42.0 Å². The van der Waals surface area contributed by atoms with E-state index in [-0.39, 0.29) is 12.4 Å². The number of carbonyl (C=O) groups is 1. The van der Waals surface area contributed by atoms with E-state index in [9.17, 15) is 10.1 Å². The first-order chi connectivity index (χ1) is 16.3. The number of esters is 1. The molecule has 3 aromatic rings. The molecule has 0 heterocycles. The normalized spacial score (nSPS) is 11.1. The Morgan fingerprint density at radius 1 is 1.06 bits per heavy atom. The monoisotopic (exact) mass is 475 g/mol. The van der Waals surface area contributed by atoms with E-state index in [1.807, 2.05) is 25.1 Å². The molecule has 34 heavy (non-hydrogen) atoms. The van der Waals surface area contributed by atoms with Crippen molar-refractivity contribution in [2.45, 2.75) is 26.7 Å². The molecule has 0 unspecified atom stereocenters. The summed E-state index contributed by atoms with van der Waals surface area (Å²) >= 11 is 5.93. The highest BCUT2D eigenvalue weighted by Gasteiger charge is 2.13. The molecule has 0 radical (unpaired) electrons. The maximum absolute atomic E-state index is 12.4. The van der Waals surface area contributed by atoms with Crippen molar-refractivity contribution in [3.63, 3.8) is 0 Å². The number of hydrogen-bond acceptors (Lipinski definition) is 5. The largest absolute Gasteiger partial charge is 0.493 e. The third-order valence-electron chi connectivity index (χ3n) is 5.22. The lowest BCUT2D eigenvalue weighted by atomic mass is 9.98. The first-order valence-electron chi connectivity index (χ1n) is 10.8. The molecule has 0 atom stereocenters. The van der Waals surface area contributed by atoms with Crippen LogP contribution in [0.5, 0.6) is 17.2 Å². The highest BCUT2D eigenvalue weighted by Crippen LogP contribution is 2.30. The van der Waals surface area contributed by atoms with Crippen molar-refractivity contribution in [1.82, 2.24) is 0 Å². The van der Waals surface area contributed by atoms with E-state index in [2.05, 4.69) is 19.9 Å². The van der Waals surface area contributed by atoms with Gasteiger partial charge in [-0.3, -0.25) is 0 Å². The number of hydrogen-bond donors (Lipinski definition) is 0. The fourth-order valence-electron chi connectivity index (χ4n) is 3.51. The van der Waals surface area contributed by atoms with Crippen molar-refractivity contribution in [3.05, 3.63) is 87.9 Å². The minimum absolute atomic E-state index is 0.236. The Morgan fingerprint density at radius 3 is 2.41 bits per heavy atom. The summed E-state index contributed by atoms with van der Waals surface area (Å²) < 4.78 is 16.4. The summed E-state index contributed by atoms with van der Waals surface area (Å²) in [5.41, 5.74) is 4.29. The number of aryl methyl sites for hydroxylation is 1. The summed E-state index contributed by atoms with van der Waals surface area (Å²) in [5, 5.41) is 10.2. The molecule has 6 heteroatoms. The van der Waals surface area contributed by atoms with Gasteiger partial charge < -0.3 is 14.2 Å². The minimum Gasteiger partial charge on any atom is -0.493 e. The first kappa shape index (κ1) is 24.9. The Bertz CT molecular complexity index is 1240. The predicted molar refractivity (Wildman–Crippen MR) is 134 cm³/mol. The Labute approximate surface area is 205 Å². The van der Waals surface area contributed by atoms with Gasteiger partial charge >= 0.3 is 5.97 Å². The molecular weight excluding hydrogens is 450 g/mol. The SMILES string of the molecule is COc1cc(C=C(C#N)c2ccc(Cl)cc2)ccc1OC(=O)COc1ccc(C(C)C)c(C)c1. The second-order valence-corrected chi connectivity index (χ2v) is 8.46. The molecule has 0 spiro atoms. The molecular formula is C28H26ClNO4. The Morgan fingerprint density at radius 2 is 1.79 bits per heavy atom. The third-order valence-corrected chi connectivity index (χ3v) is 5.47. The molecule has 0 aromatic heterocycles. The van der Waals surface area contributed by atoms with Crippen LogP contribution in [0.2, 0.25) is 5.02 Å². The van der Waals surface area contributed by atoms with Crippen LogP contribution in [-0.4, -0.2) is 19.7 Å². The standard InChI is InChI=1S/C28H26ClNO4/c1-18(2)25-11-10-24(13-19(25)3)33-17-28(31)34-26-12-5-20(15-27(26)32-4)14-22(16-30)21-6-8-23(29)9-7-21/h5-15,18H,17H2,1-4H3. The summed E-state index contributed by atoms with van der Waals surface area (Å²) in [6.45, 7) is 6.05. The molecule has 0 fully saturated rings. The van der Waals surface area contributed by atoms with E-state index >= 15 is 0 Å². The van der Waals surface area contributed by atoms with Gasteiger partial charge in [0.15, 0.2) is 18.1 Å². The average molecular weight is 476 g/mol. The van der Waals surface area contributed by atoms with Gasteiger partial charge in [-0.05, 0) is 77.6 Å². The van der Waals surface area contributed by atoms with Gasteiger partial charge in [0, 0.05) is 5.02 Å². The molecule has 0 amide bonds. The summed E-state index contributed by atoms with van der Waals surface area (Å²) in [4.78, 5) is 12.4. The van der Waals surface area contributed by atoms with Gasteiger partial charge in [-0.25, -0.2) is 4.79 Å². The Kier molecular flexibility index (Phi) is 8.34. The summed E-state index contributed by atoms with van der Waals surface area (Å²) in [5.74, 6) is 1.11. The van der Waals surface area contributed by atoms with Gasteiger partial charge in [-0.2, -0.15) is 5.26 Å². The van der Waals surface area contributed by atoms with Crippen molar-refractivity contribution >= 4 is 29.2 Å². The minimum atomic E-state index is -0.550. The number of benzene rings is 3. The van der Waals surface area contributed by atoms with Gasteiger partial charge in [-0.15, -0.1) is 0 Å². The van der Waals surface area contributed by atoms with Crippen LogP contribution >= 0.6 is 11.6 Å². The van der Waals surface area contributed by atoms with Gasteiger partial charge in [0.2, 0.25) is 0 Å². The molecule has 174 valence electrons. The fourth-order valence-corrected chi connectivity index (χ4v) is 3.64. The molecule has 0 bridgehead atoms. The second-order valence-electron chi connectivity index (χ2n) is 8.02. The molecule has 0 aliphatic carbocycles. The van der Waals surface area contributed by atoms with Gasteiger partial charge in [0.25, 0.3) is 0 Å². The smallest absolute Gasteiger partial charge is 0.349 e. The molecule has 0 aliphatic heterocycles. The highest BCUT2D eigenvalue weighted by atomic mass is 35.5. The zero-order chi connectivity index (χ0) is 24.7. The summed E-state index contributed by atoms with van der Waals surface area (Å²) in [6.07, 6.45) is 1.73. The van der Waals surface area contributed by atoms with Crippen molar-refractivity contribution in [3.8, 4) is 23.3 Å². The molecule has 0 saturated carbocycles. The number of halogens is 1. The molecule has 5 nitrogen and oxygen atoms in total. The van der Waals surface area contributed by atoms with Crippen molar-refractivity contribution in [1.29, 1.82) is 5.26 Å². The van der Waals surface area contributed by atoms with E-state index in [0.717, 1.165) is 16.7 Å². The van der Waals surface area contributed by atoms with E-state index in [1.54, 1.807) is 48.5 Å². The summed E-state index contributed by atoms with van der Waals surface area (Å²) in [6, 6.07) is 20.1. The number of rotatable bonds is 8. The lowest BCUT2D eigenvalue weighted by Gasteiger charge is -2.13. The molecule has 3 aromatic carbocycles. The predicted octanol–water partition coefficient (Wildman–Crippen LogP) is 6.83. The fraction of sp³-hybridized carbons (Fsp3) is 0.214. The number of nitrogens with zero attached hydrogens (tertiary/aromatic N) is 1. The van der Waals surface area contributed by atoms with E-state index in [1.165, 1.54) is 12.7 Å². The highest BCUT2D eigenvalue weighted by molar-refractivity contribution is 6.30. The summed E-state index contributed by atoms with van der Waals surface area (Å²) in [7, 11) is 1.49. The zero-order valence-corrected chi connectivity index (χ0v) is 20.3. The van der Waals surface area contributed by atoms with E-state index in [4.69, 9.17) is 25.8 Å². The molecule has 0 N–H and O–H groups in total.